The lowest BCUT2D eigenvalue weighted by Gasteiger charge is -2.12. The fraction of sp³-hybridized carbons (Fsp3) is 0.400. The topological polar surface area (TPSA) is 75.3 Å². The lowest BCUT2D eigenvalue weighted by Crippen LogP contribution is -2.40. The maximum Gasteiger partial charge on any atom is 0.328 e. The van der Waals surface area contributed by atoms with Crippen LogP contribution in [0.5, 0.6) is 0 Å². The van der Waals surface area contributed by atoms with Gasteiger partial charge < -0.3 is 5.32 Å². The van der Waals surface area contributed by atoms with E-state index in [0.29, 0.717) is 12.1 Å². The largest absolute Gasteiger partial charge is 0.337 e. The standard InChI is InChI=1S/C25H34N2O3S/c1-2-3-4-5-6-7-8-15-20-26-25(28)27-31(29,30)24(23-18-13-10-14-19-23)21-22-16-11-9-12-17-22/h9-14,16-19,21H,2-8,15,20H2,1H3,(H2,26,27,28)/b24-21+. The fourth-order valence-corrected chi connectivity index (χ4v) is 4.46. The van der Waals surface area contributed by atoms with E-state index in [1.54, 1.807) is 30.3 Å². The Bertz CT molecular complexity index is 910. The molecule has 168 valence electrons. The summed E-state index contributed by atoms with van der Waals surface area (Å²) >= 11 is 0. The van der Waals surface area contributed by atoms with Gasteiger partial charge in [-0.05, 0) is 23.6 Å². The van der Waals surface area contributed by atoms with E-state index in [4.69, 9.17) is 0 Å². The number of rotatable bonds is 13. The van der Waals surface area contributed by atoms with Crippen molar-refractivity contribution in [3.05, 3.63) is 71.8 Å². The molecule has 2 aromatic carbocycles. The van der Waals surface area contributed by atoms with Crippen LogP contribution in [0.15, 0.2) is 60.7 Å². The monoisotopic (exact) mass is 442 g/mol. The van der Waals surface area contributed by atoms with Crippen LogP contribution in [0.25, 0.3) is 11.0 Å². The lowest BCUT2D eigenvalue weighted by atomic mass is 10.1. The summed E-state index contributed by atoms with van der Waals surface area (Å²) in [6, 6.07) is 17.3. The fourth-order valence-electron chi connectivity index (χ4n) is 3.29. The maximum atomic E-state index is 13.0. The second-order valence-corrected chi connectivity index (χ2v) is 9.27. The van der Waals surface area contributed by atoms with Crippen molar-refractivity contribution >= 4 is 27.0 Å². The number of carbonyl (C=O) groups is 1. The minimum absolute atomic E-state index is 0.0570. The van der Waals surface area contributed by atoms with Crippen molar-refractivity contribution in [2.75, 3.05) is 6.54 Å². The first-order valence-electron chi connectivity index (χ1n) is 11.2. The number of sulfonamides is 1. The Morgan fingerprint density at radius 1 is 0.806 bits per heavy atom. The third kappa shape index (κ3) is 9.39. The van der Waals surface area contributed by atoms with Gasteiger partial charge in [0.25, 0.3) is 10.0 Å². The van der Waals surface area contributed by atoms with Crippen LogP contribution >= 0.6 is 0 Å². The summed E-state index contributed by atoms with van der Waals surface area (Å²) in [5.41, 5.74) is 1.26. The number of carbonyl (C=O) groups excluding carboxylic acids is 1. The molecule has 0 radical (unpaired) electrons. The Morgan fingerprint density at radius 3 is 1.97 bits per heavy atom. The predicted molar refractivity (Wildman–Crippen MR) is 129 cm³/mol. The first kappa shape index (κ1) is 24.7. The van der Waals surface area contributed by atoms with Gasteiger partial charge in [0.1, 0.15) is 0 Å². The molecule has 0 bridgehead atoms. The van der Waals surface area contributed by atoms with Crippen LogP contribution in [0, 0.1) is 0 Å². The summed E-state index contributed by atoms with van der Waals surface area (Å²) in [7, 11) is -4.03. The van der Waals surface area contributed by atoms with E-state index >= 15 is 0 Å². The number of unbranched alkanes of at least 4 members (excludes halogenated alkanes) is 7. The molecular weight excluding hydrogens is 408 g/mol. The molecule has 0 aliphatic rings. The third-order valence-electron chi connectivity index (χ3n) is 4.99. The van der Waals surface area contributed by atoms with Gasteiger partial charge >= 0.3 is 6.03 Å². The number of benzene rings is 2. The summed E-state index contributed by atoms with van der Waals surface area (Å²) in [5.74, 6) is 0. The van der Waals surface area contributed by atoms with Crippen molar-refractivity contribution < 1.29 is 13.2 Å². The van der Waals surface area contributed by atoms with Gasteiger partial charge in [-0.2, -0.15) is 0 Å². The van der Waals surface area contributed by atoms with Crippen molar-refractivity contribution in [1.29, 1.82) is 0 Å². The van der Waals surface area contributed by atoms with Crippen molar-refractivity contribution in [2.24, 2.45) is 0 Å². The highest BCUT2D eigenvalue weighted by molar-refractivity contribution is 7.99. The van der Waals surface area contributed by atoms with Crippen molar-refractivity contribution in [3.63, 3.8) is 0 Å². The molecular formula is C25H34N2O3S. The highest BCUT2D eigenvalue weighted by Gasteiger charge is 2.22. The molecule has 0 saturated carbocycles. The normalized spacial score (nSPS) is 11.8. The zero-order valence-corrected chi connectivity index (χ0v) is 19.2. The van der Waals surface area contributed by atoms with Gasteiger partial charge in [0, 0.05) is 6.54 Å². The molecule has 2 N–H and O–H groups in total. The smallest absolute Gasteiger partial charge is 0.328 e. The molecule has 0 aromatic heterocycles. The summed E-state index contributed by atoms with van der Waals surface area (Å²) in [4.78, 5) is 12.3. The Kier molecular flexibility index (Phi) is 10.9. The molecule has 0 saturated heterocycles. The van der Waals surface area contributed by atoms with Gasteiger partial charge in [-0.3, -0.25) is 0 Å². The van der Waals surface area contributed by atoms with Crippen LogP contribution in [0.2, 0.25) is 0 Å². The molecule has 0 aliphatic heterocycles. The van der Waals surface area contributed by atoms with Gasteiger partial charge in [0.05, 0.1) is 4.91 Å². The minimum Gasteiger partial charge on any atom is -0.337 e. The van der Waals surface area contributed by atoms with Gasteiger partial charge in [-0.1, -0.05) is 113 Å². The lowest BCUT2D eigenvalue weighted by molar-refractivity contribution is 0.245. The summed E-state index contributed by atoms with van der Waals surface area (Å²) in [5, 5.41) is 2.66. The molecule has 31 heavy (non-hydrogen) atoms. The van der Waals surface area contributed by atoms with E-state index in [9.17, 15) is 13.2 Å². The molecule has 2 rings (SSSR count). The number of amides is 2. The van der Waals surface area contributed by atoms with E-state index in [0.717, 1.165) is 24.8 Å². The molecule has 2 amide bonds. The van der Waals surface area contributed by atoms with E-state index < -0.39 is 16.1 Å². The molecule has 0 aliphatic carbocycles. The third-order valence-corrected chi connectivity index (χ3v) is 6.37. The van der Waals surface area contributed by atoms with Gasteiger partial charge in [-0.25, -0.2) is 17.9 Å². The molecule has 0 heterocycles. The minimum atomic E-state index is -4.03. The SMILES string of the molecule is CCCCCCCCCCNC(=O)NS(=O)(=O)/C(=C/c1ccccc1)c1ccccc1. The van der Waals surface area contributed by atoms with E-state index in [2.05, 4.69) is 17.0 Å². The second kappa shape index (κ2) is 13.7. The molecule has 0 atom stereocenters. The number of hydrogen-bond acceptors (Lipinski definition) is 3. The van der Waals surface area contributed by atoms with Crippen LogP contribution in [0.4, 0.5) is 4.79 Å². The van der Waals surface area contributed by atoms with Crippen molar-refractivity contribution in [2.45, 2.75) is 58.3 Å². The number of urea groups is 1. The van der Waals surface area contributed by atoms with Crippen LogP contribution < -0.4 is 10.0 Å². The van der Waals surface area contributed by atoms with E-state index in [1.807, 2.05) is 36.4 Å². The highest BCUT2D eigenvalue weighted by Crippen LogP contribution is 2.23. The zero-order chi connectivity index (χ0) is 22.4. The van der Waals surface area contributed by atoms with E-state index in [-0.39, 0.29) is 4.91 Å². The Labute approximate surface area is 187 Å². The molecule has 6 heteroatoms. The average Bonchev–Trinajstić information content (AvgIpc) is 2.77. The summed E-state index contributed by atoms with van der Waals surface area (Å²) in [6.07, 6.45) is 10.9. The Hall–Kier alpha value is -2.60. The Morgan fingerprint density at radius 2 is 1.35 bits per heavy atom. The van der Waals surface area contributed by atoms with Crippen LogP contribution in [-0.4, -0.2) is 21.0 Å². The first-order chi connectivity index (χ1) is 15.0. The first-order valence-corrected chi connectivity index (χ1v) is 12.6. The zero-order valence-electron chi connectivity index (χ0n) is 18.3. The summed E-state index contributed by atoms with van der Waals surface area (Å²) < 4.78 is 28.1. The number of nitrogens with one attached hydrogen (secondary N) is 2. The molecule has 0 fully saturated rings. The molecule has 0 unspecified atom stereocenters. The number of hydrogen-bond donors (Lipinski definition) is 2. The predicted octanol–water partition coefficient (Wildman–Crippen LogP) is 5.95. The quantitative estimate of drug-likeness (QED) is 0.297. The van der Waals surface area contributed by atoms with Gasteiger partial charge in [-0.15, -0.1) is 0 Å². The van der Waals surface area contributed by atoms with Crippen LogP contribution in [-0.2, 0) is 10.0 Å². The molecule has 0 spiro atoms. The van der Waals surface area contributed by atoms with Crippen LogP contribution in [0.1, 0.15) is 69.4 Å². The van der Waals surface area contributed by atoms with Crippen LogP contribution in [0.3, 0.4) is 0 Å². The molecule has 2 aromatic rings. The second-order valence-electron chi connectivity index (χ2n) is 7.62. The Balaban J connectivity index is 1.90. The van der Waals surface area contributed by atoms with E-state index in [1.165, 1.54) is 32.1 Å². The van der Waals surface area contributed by atoms with Crippen molar-refractivity contribution in [3.8, 4) is 0 Å². The van der Waals surface area contributed by atoms with Crippen molar-refractivity contribution in [1.82, 2.24) is 10.0 Å². The van der Waals surface area contributed by atoms with Gasteiger partial charge in [0.15, 0.2) is 0 Å². The highest BCUT2D eigenvalue weighted by atomic mass is 32.2. The summed E-state index contributed by atoms with van der Waals surface area (Å²) in [6.45, 7) is 2.66. The molecule has 5 nitrogen and oxygen atoms in total. The van der Waals surface area contributed by atoms with Gasteiger partial charge in [0.2, 0.25) is 0 Å². The average molecular weight is 443 g/mol. The maximum absolute atomic E-state index is 13.0.